The van der Waals surface area contributed by atoms with Gasteiger partial charge in [-0.05, 0) is 12.1 Å². The summed E-state index contributed by atoms with van der Waals surface area (Å²) in [5.74, 6) is -3.02. The topological polar surface area (TPSA) is 99.5 Å². The Balaban J connectivity index is 2.56. The fourth-order valence-electron chi connectivity index (χ4n) is 0.902. The van der Waals surface area contributed by atoms with Crippen LogP contribution in [-0.2, 0) is 4.79 Å². The summed E-state index contributed by atoms with van der Waals surface area (Å²) in [7, 11) is 0. The number of aliphatic hydroxyl groups excluding tert-OH is 1. The molecule has 0 saturated heterocycles. The van der Waals surface area contributed by atoms with Gasteiger partial charge in [-0.25, -0.2) is 9.78 Å². The first-order valence-electron chi connectivity index (χ1n) is 4.32. The number of carboxylic acids is 1. The van der Waals surface area contributed by atoms with Crippen molar-refractivity contribution in [3.05, 3.63) is 29.8 Å². The molecule has 0 aromatic carbocycles. The van der Waals surface area contributed by atoms with Gasteiger partial charge in [0.25, 0.3) is 5.91 Å². The van der Waals surface area contributed by atoms with Gasteiger partial charge in [0.2, 0.25) is 5.95 Å². The van der Waals surface area contributed by atoms with Gasteiger partial charge in [0, 0.05) is 0 Å². The number of pyridine rings is 1. The molecule has 0 aliphatic heterocycles. The van der Waals surface area contributed by atoms with Crippen molar-refractivity contribution in [3.8, 4) is 0 Å². The zero-order chi connectivity index (χ0) is 12.1. The zero-order valence-corrected chi connectivity index (χ0v) is 8.05. The molecule has 0 spiro atoms. The van der Waals surface area contributed by atoms with Gasteiger partial charge in [-0.2, -0.15) is 4.39 Å². The lowest BCUT2D eigenvalue weighted by molar-refractivity contribution is -0.146. The fraction of sp³-hybridized carbons (Fsp3) is 0.222. The molecule has 0 radical (unpaired) electrons. The van der Waals surface area contributed by atoms with Crippen molar-refractivity contribution >= 4 is 11.9 Å². The Morgan fingerprint density at radius 2 is 2.19 bits per heavy atom. The Morgan fingerprint density at radius 1 is 1.50 bits per heavy atom. The second-order valence-electron chi connectivity index (χ2n) is 2.91. The van der Waals surface area contributed by atoms with Gasteiger partial charge < -0.3 is 15.5 Å². The molecule has 1 heterocycles. The maximum atomic E-state index is 12.6. The standard InChI is InChI=1S/C9H9FN2O4/c10-7-3-1-2-5(12-7)8(14)11-4-6(13)9(15)16/h1-3,6,13H,4H2,(H,11,14)(H,15,16)/t6-/m0/s1. The molecule has 3 N–H and O–H groups in total. The lowest BCUT2D eigenvalue weighted by Gasteiger charge is -2.06. The largest absolute Gasteiger partial charge is 0.479 e. The van der Waals surface area contributed by atoms with Crippen LogP contribution in [0.5, 0.6) is 0 Å². The van der Waals surface area contributed by atoms with Gasteiger partial charge in [0.15, 0.2) is 6.10 Å². The van der Waals surface area contributed by atoms with Crippen LogP contribution in [0.3, 0.4) is 0 Å². The van der Waals surface area contributed by atoms with Crippen molar-refractivity contribution in [1.29, 1.82) is 0 Å². The molecule has 0 saturated carbocycles. The number of nitrogens with zero attached hydrogens (tertiary/aromatic N) is 1. The van der Waals surface area contributed by atoms with Crippen LogP contribution in [0.25, 0.3) is 0 Å². The summed E-state index contributed by atoms with van der Waals surface area (Å²) in [6.07, 6.45) is -1.70. The Morgan fingerprint density at radius 3 is 2.75 bits per heavy atom. The fourth-order valence-corrected chi connectivity index (χ4v) is 0.902. The van der Waals surface area contributed by atoms with E-state index in [1.165, 1.54) is 12.1 Å². The first-order valence-corrected chi connectivity index (χ1v) is 4.32. The number of aromatic nitrogens is 1. The van der Waals surface area contributed by atoms with Crippen LogP contribution in [0.4, 0.5) is 4.39 Å². The van der Waals surface area contributed by atoms with E-state index in [1.807, 2.05) is 0 Å². The van der Waals surface area contributed by atoms with Gasteiger partial charge in [-0.15, -0.1) is 0 Å². The zero-order valence-electron chi connectivity index (χ0n) is 8.05. The summed E-state index contributed by atoms with van der Waals surface area (Å²) in [5.41, 5.74) is -0.183. The molecule has 1 atom stereocenters. The van der Waals surface area contributed by atoms with E-state index in [0.717, 1.165) is 6.07 Å². The first-order chi connectivity index (χ1) is 7.50. The number of hydrogen-bond acceptors (Lipinski definition) is 4. The van der Waals surface area contributed by atoms with Crippen molar-refractivity contribution in [1.82, 2.24) is 10.3 Å². The van der Waals surface area contributed by atoms with Crippen molar-refractivity contribution in [2.24, 2.45) is 0 Å². The monoisotopic (exact) mass is 228 g/mol. The molecule has 1 aromatic heterocycles. The number of rotatable bonds is 4. The second-order valence-corrected chi connectivity index (χ2v) is 2.91. The summed E-state index contributed by atoms with van der Waals surface area (Å²) >= 11 is 0. The van der Waals surface area contributed by atoms with Gasteiger partial charge in [-0.1, -0.05) is 6.07 Å². The third-order valence-electron chi connectivity index (χ3n) is 1.69. The number of aliphatic hydroxyl groups is 1. The highest BCUT2D eigenvalue weighted by Gasteiger charge is 2.15. The predicted molar refractivity (Wildman–Crippen MR) is 50.2 cm³/mol. The molecule has 0 fully saturated rings. The summed E-state index contributed by atoms with van der Waals surface area (Å²) in [4.78, 5) is 24.8. The van der Waals surface area contributed by atoms with E-state index in [0.29, 0.717) is 0 Å². The molecule has 86 valence electrons. The molecule has 1 rings (SSSR count). The third-order valence-corrected chi connectivity index (χ3v) is 1.69. The highest BCUT2D eigenvalue weighted by atomic mass is 19.1. The Kier molecular flexibility index (Phi) is 3.90. The van der Waals surface area contributed by atoms with E-state index in [9.17, 15) is 14.0 Å². The lowest BCUT2D eigenvalue weighted by atomic mass is 10.3. The molecule has 1 amide bonds. The molecule has 0 aliphatic rings. The number of carbonyl (C=O) groups excluding carboxylic acids is 1. The van der Waals surface area contributed by atoms with Crippen LogP contribution in [0, 0.1) is 5.95 Å². The van der Waals surface area contributed by atoms with E-state index in [2.05, 4.69) is 10.3 Å². The van der Waals surface area contributed by atoms with Crippen LogP contribution in [0.2, 0.25) is 0 Å². The summed E-state index contributed by atoms with van der Waals surface area (Å²) in [6, 6.07) is 3.64. The van der Waals surface area contributed by atoms with Crippen LogP contribution in [-0.4, -0.2) is 39.7 Å². The van der Waals surface area contributed by atoms with E-state index in [1.54, 1.807) is 0 Å². The minimum Gasteiger partial charge on any atom is -0.479 e. The van der Waals surface area contributed by atoms with E-state index >= 15 is 0 Å². The smallest absolute Gasteiger partial charge is 0.334 e. The number of aliphatic carboxylic acids is 1. The van der Waals surface area contributed by atoms with Gasteiger partial charge in [0.05, 0.1) is 6.54 Å². The van der Waals surface area contributed by atoms with Crippen molar-refractivity contribution < 1.29 is 24.2 Å². The van der Waals surface area contributed by atoms with Crippen LogP contribution >= 0.6 is 0 Å². The maximum Gasteiger partial charge on any atom is 0.334 e. The molecular weight excluding hydrogens is 219 g/mol. The van der Waals surface area contributed by atoms with Gasteiger partial charge >= 0.3 is 5.97 Å². The molecule has 6 nitrogen and oxygen atoms in total. The second kappa shape index (κ2) is 5.17. The number of carboxylic acid groups (broad SMARTS) is 1. The van der Waals surface area contributed by atoms with E-state index in [4.69, 9.17) is 10.2 Å². The minimum atomic E-state index is -1.70. The van der Waals surface area contributed by atoms with Crippen molar-refractivity contribution in [3.63, 3.8) is 0 Å². The third kappa shape index (κ3) is 3.28. The average molecular weight is 228 g/mol. The van der Waals surface area contributed by atoms with E-state index < -0.39 is 30.5 Å². The van der Waals surface area contributed by atoms with Gasteiger partial charge in [0.1, 0.15) is 5.69 Å². The number of amides is 1. The minimum absolute atomic E-state index is 0.183. The SMILES string of the molecule is O=C(NC[C@H](O)C(=O)O)c1cccc(F)n1. The number of halogens is 1. The summed E-state index contributed by atoms with van der Waals surface area (Å²) in [6.45, 7) is -0.466. The quantitative estimate of drug-likeness (QED) is 0.597. The molecule has 16 heavy (non-hydrogen) atoms. The molecule has 0 unspecified atom stereocenters. The molecule has 0 bridgehead atoms. The Labute approximate surface area is 89.7 Å². The molecule has 1 aromatic rings. The normalized spacial score (nSPS) is 11.9. The number of carbonyl (C=O) groups is 2. The summed E-state index contributed by atoms with van der Waals surface area (Å²) in [5, 5.41) is 19.3. The highest BCUT2D eigenvalue weighted by Crippen LogP contribution is 1.97. The predicted octanol–water partition coefficient (Wildman–Crippen LogP) is -0.604. The summed E-state index contributed by atoms with van der Waals surface area (Å²) < 4.78 is 12.6. The maximum absolute atomic E-state index is 12.6. The van der Waals surface area contributed by atoms with Crippen LogP contribution < -0.4 is 5.32 Å². The Hall–Kier alpha value is -2.02. The van der Waals surface area contributed by atoms with Gasteiger partial charge in [-0.3, -0.25) is 4.79 Å². The van der Waals surface area contributed by atoms with Crippen LogP contribution in [0.15, 0.2) is 18.2 Å². The van der Waals surface area contributed by atoms with Crippen molar-refractivity contribution in [2.75, 3.05) is 6.54 Å². The lowest BCUT2D eigenvalue weighted by Crippen LogP contribution is -2.36. The molecule has 0 aliphatic carbocycles. The Bertz CT molecular complexity index is 410. The highest BCUT2D eigenvalue weighted by molar-refractivity contribution is 5.92. The molecule has 7 heteroatoms. The van der Waals surface area contributed by atoms with Crippen LogP contribution in [0.1, 0.15) is 10.5 Å². The van der Waals surface area contributed by atoms with Crippen molar-refractivity contribution in [2.45, 2.75) is 6.10 Å². The number of nitrogens with one attached hydrogen (secondary N) is 1. The first kappa shape index (κ1) is 12.1. The molecular formula is C9H9FN2O4. The number of hydrogen-bond donors (Lipinski definition) is 3. The average Bonchev–Trinajstić information content (AvgIpc) is 2.25. The van der Waals surface area contributed by atoms with E-state index in [-0.39, 0.29) is 5.69 Å².